The molecule has 6 nitrogen and oxygen atoms in total. The van der Waals surface area contributed by atoms with Gasteiger partial charge < -0.3 is 16.0 Å². The van der Waals surface area contributed by atoms with Gasteiger partial charge in [0.15, 0.2) is 5.78 Å². The minimum atomic E-state index is -0.550. The molecular weight excluding hydrogens is 246 g/mol. The van der Waals surface area contributed by atoms with E-state index in [1.54, 1.807) is 25.2 Å². The van der Waals surface area contributed by atoms with Crippen LogP contribution >= 0.6 is 0 Å². The lowest BCUT2D eigenvalue weighted by molar-refractivity contribution is -0.118. The second-order valence-electron chi connectivity index (χ2n) is 3.76. The average molecular weight is 261 g/mol. The Bertz CT molecular complexity index is 538. The van der Waals surface area contributed by atoms with Gasteiger partial charge in [0, 0.05) is 12.7 Å². The van der Waals surface area contributed by atoms with E-state index in [9.17, 15) is 14.4 Å². The van der Waals surface area contributed by atoms with E-state index in [4.69, 9.17) is 0 Å². The van der Waals surface area contributed by atoms with Gasteiger partial charge in [0.1, 0.15) is 0 Å². The fourth-order valence-electron chi connectivity index (χ4n) is 1.38. The maximum absolute atomic E-state index is 11.6. The molecule has 0 radical (unpaired) electrons. The lowest BCUT2D eigenvalue weighted by Gasteiger charge is -2.11. The summed E-state index contributed by atoms with van der Waals surface area (Å²) in [7, 11) is 1.69. The van der Waals surface area contributed by atoms with Gasteiger partial charge in [-0.15, -0.1) is 0 Å². The summed E-state index contributed by atoms with van der Waals surface area (Å²) >= 11 is 0. The van der Waals surface area contributed by atoms with Crippen LogP contribution in [0.4, 0.5) is 17.1 Å². The molecule has 0 saturated heterocycles. The highest BCUT2D eigenvalue weighted by atomic mass is 16.2. The molecule has 0 aliphatic heterocycles. The number of nitrogens with one attached hydrogen (secondary N) is 3. The van der Waals surface area contributed by atoms with E-state index < -0.39 is 5.91 Å². The predicted octanol–water partition coefficient (Wildman–Crippen LogP) is 1.38. The van der Waals surface area contributed by atoms with Crippen molar-refractivity contribution in [3.05, 3.63) is 30.4 Å². The van der Waals surface area contributed by atoms with Crippen molar-refractivity contribution in [1.29, 1.82) is 0 Å². The maximum Gasteiger partial charge on any atom is 0.258 e. The van der Waals surface area contributed by atoms with Crippen LogP contribution in [-0.2, 0) is 14.4 Å². The Hall–Kier alpha value is -2.63. The van der Waals surface area contributed by atoms with Gasteiger partial charge in [-0.25, -0.2) is 0 Å². The molecule has 0 unspecified atom stereocenters. The van der Waals surface area contributed by atoms with Crippen LogP contribution in [0, 0.1) is 0 Å². The zero-order valence-electron chi connectivity index (χ0n) is 10.7. The van der Waals surface area contributed by atoms with Crippen molar-refractivity contribution in [2.45, 2.75) is 6.92 Å². The molecule has 0 heterocycles. The zero-order valence-corrected chi connectivity index (χ0v) is 10.7. The molecule has 0 aliphatic carbocycles. The Labute approximate surface area is 110 Å². The molecule has 19 heavy (non-hydrogen) atoms. The zero-order chi connectivity index (χ0) is 14.4. The van der Waals surface area contributed by atoms with Gasteiger partial charge in [0.2, 0.25) is 6.41 Å². The van der Waals surface area contributed by atoms with Crippen molar-refractivity contribution in [2.24, 2.45) is 0 Å². The topological polar surface area (TPSA) is 87.3 Å². The largest absolute Gasteiger partial charge is 0.386 e. The van der Waals surface area contributed by atoms with Gasteiger partial charge in [-0.1, -0.05) is 6.58 Å². The Morgan fingerprint density at radius 2 is 1.95 bits per heavy atom. The summed E-state index contributed by atoms with van der Waals surface area (Å²) in [6, 6.07) is 4.88. The van der Waals surface area contributed by atoms with Crippen LogP contribution in [0.1, 0.15) is 6.92 Å². The van der Waals surface area contributed by atoms with E-state index >= 15 is 0 Å². The van der Waals surface area contributed by atoms with Crippen molar-refractivity contribution in [3.63, 3.8) is 0 Å². The number of amides is 2. The number of anilines is 3. The lowest BCUT2D eigenvalue weighted by atomic mass is 10.2. The molecular formula is C13H15N3O3. The second kappa shape index (κ2) is 6.34. The van der Waals surface area contributed by atoms with E-state index in [1.807, 2.05) is 0 Å². The molecule has 1 aromatic carbocycles. The van der Waals surface area contributed by atoms with Crippen molar-refractivity contribution in [1.82, 2.24) is 0 Å². The van der Waals surface area contributed by atoms with Crippen molar-refractivity contribution >= 4 is 35.2 Å². The van der Waals surface area contributed by atoms with Crippen LogP contribution in [0.25, 0.3) is 0 Å². The number of Topliss-reactive ketones (excluding diaryl/α,β-unsaturated/α-hetero) is 1. The molecule has 1 aromatic rings. The third kappa shape index (κ3) is 3.67. The van der Waals surface area contributed by atoms with Gasteiger partial charge in [-0.2, -0.15) is 0 Å². The molecule has 100 valence electrons. The van der Waals surface area contributed by atoms with E-state index in [0.29, 0.717) is 23.5 Å². The van der Waals surface area contributed by atoms with Gasteiger partial charge in [-0.05, 0) is 25.1 Å². The van der Waals surface area contributed by atoms with Crippen molar-refractivity contribution < 1.29 is 14.4 Å². The Morgan fingerprint density at radius 1 is 1.26 bits per heavy atom. The first-order valence-corrected chi connectivity index (χ1v) is 5.52. The molecule has 2 amide bonds. The van der Waals surface area contributed by atoms with Crippen molar-refractivity contribution in [2.75, 3.05) is 23.0 Å². The molecule has 0 fully saturated rings. The van der Waals surface area contributed by atoms with Crippen LogP contribution in [0.2, 0.25) is 0 Å². The molecule has 0 aliphatic rings. The summed E-state index contributed by atoms with van der Waals surface area (Å²) in [4.78, 5) is 33.1. The summed E-state index contributed by atoms with van der Waals surface area (Å²) in [5.74, 6) is -0.934. The highest BCUT2D eigenvalue weighted by Gasteiger charge is 2.12. The number of hydrogen-bond acceptors (Lipinski definition) is 4. The Kier molecular flexibility index (Phi) is 4.82. The summed E-state index contributed by atoms with van der Waals surface area (Å²) in [5, 5.41) is 7.96. The third-order valence-corrected chi connectivity index (χ3v) is 2.46. The Balaban J connectivity index is 2.91. The number of benzene rings is 1. The first kappa shape index (κ1) is 14.4. The summed E-state index contributed by atoms with van der Waals surface area (Å²) in [5.41, 5.74) is 1.61. The second-order valence-corrected chi connectivity index (χ2v) is 3.76. The average Bonchev–Trinajstić information content (AvgIpc) is 2.39. The number of rotatable bonds is 6. The minimum Gasteiger partial charge on any atom is -0.386 e. The normalized spacial score (nSPS) is 9.37. The SMILES string of the molecule is C=C(C(C)=O)C(=O)Nc1ccc(NC=O)c(NC)c1. The quantitative estimate of drug-likeness (QED) is 0.312. The fourth-order valence-corrected chi connectivity index (χ4v) is 1.38. The Morgan fingerprint density at radius 3 is 2.47 bits per heavy atom. The molecule has 0 aromatic heterocycles. The van der Waals surface area contributed by atoms with Crippen molar-refractivity contribution in [3.8, 4) is 0 Å². The van der Waals surface area contributed by atoms with Gasteiger partial charge >= 0.3 is 0 Å². The summed E-state index contributed by atoms with van der Waals surface area (Å²) in [6.45, 7) is 4.68. The van der Waals surface area contributed by atoms with Gasteiger partial charge in [-0.3, -0.25) is 14.4 Å². The van der Waals surface area contributed by atoms with E-state index in [-0.39, 0.29) is 11.4 Å². The van der Waals surface area contributed by atoms with E-state index in [0.717, 1.165) is 0 Å². The summed E-state index contributed by atoms with van der Waals surface area (Å²) < 4.78 is 0. The fraction of sp³-hybridized carbons (Fsp3) is 0.154. The molecule has 3 N–H and O–H groups in total. The van der Waals surface area contributed by atoms with Crippen LogP contribution in [0.15, 0.2) is 30.4 Å². The number of carbonyl (C=O) groups excluding carboxylic acids is 3. The lowest BCUT2D eigenvalue weighted by Crippen LogP contribution is -2.18. The molecule has 0 atom stereocenters. The highest BCUT2D eigenvalue weighted by molar-refractivity contribution is 6.22. The predicted molar refractivity (Wildman–Crippen MR) is 74.1 cm³/mol. The van der Waals surface area contributed by atoms with Gasteiger partial charge in [0.25, 0.3) is 5.91 Å². The van der Waals surface area contributed by atoms with Crippen LogP contribution in [0.3, 0.4) is 0 Å². The standard InChI is InChI=1S/C13H15N3O3/c1-8(9(2)18)13(19)16-10-4-5-11(15-7-17)12(6-10)14-3/h4-7,14H,1H2,2-3H3,(H,15,17)(H,16,19). The van der Waals surface area contributed by atoms with Gasteiger partial charge in [0.05, 0.1) is 16.9 Å². The van der Waals surface area contributed by atoms with E-state index in [2.05, 4.69) is 22.5 Å². The monoisotopic (exact) mass is 261 g/mol. The molecule has 6 heteroatoms. The molecule has 0 spiro atoms. The number of ketones is 1. The molecule has 1 rings (SSSR count). The van der Waals surface area contributed by atoms with Crippen LogP contribution in [0.5, 0.6) is 0 Å². The van der Waals surface area contributed by atoms with Crippen LogP contribution in [-0.4, -0.2) is 25.1 Å². The minimum absolute atomic E-state index is 0.110. The van der Waals surface area contributed by atoms with E-state index in [1.165, 1.54) is 6.92 Å². The van der Waals surface area contributed by atoms with Crippen LogP contribution < -0.4 is 16.0 Å². The number of carbonyl (C=O) groups is 3. The number of hydrogen-bond donors (Lipinski definition) is 3. The third-order valence-electron chi connectivity index (χ3n) is 2.46. The first-order valence-electron chi connectivity index (χ1n) is 5.52. The summed E-state index contributed by atoms with van der Waals surface area (Å²) in [6.07, 6.45) is 0.562. The molecule has 0 bridgehead atoms. The highest BCUT2D eigenvalue weighted by Crippen LogP contribution is 2.25. The maximum atomic E-state index is 11.6. The smallest absolute Gasteiger partial charge is 0.258 e. The molecule has 0 saturated carbocycles. The first-order chi connectivity index (χ1) is 8.99.